The summed E-state index contributed by atoms with van der Waals surface area (Å²) in [5.74, 6) is 0.906. The zero-order chi connectivity index (χ0) is 21.8. The third-order valence-corrected chi connectivity index (χ3v) is 5.69. The molecule has 1 aromatic carbocycles. The van der Waals surface area contributed by atoms with Crippen molar-refractivity contribution in [3.8, 4) is 5.69 Å². The summed E-state index contributed by atoms with van der Waals surface area (Å²) in [5, 5.41) is 11.9. The van der Waals surface area contributed by atoms with Crippen LogP contribution in [0.4, 0.5) is 5.69 Å². The minimum absolute atomic E-state index is 0.118. The first-order valence-electron chi connectivity index (χ1n) is 9.65. The highest BCUT2D eigenvalue weighted by Gasteiger charge is 2.19. The Morgan fingerprint density at radius 1 is 1.27 bits per heavy atom. The van der Waals surface area contributed by atoms with E-state index in [2.05, 4.69) is 22.1 Å². The Morgan fingerprint density at radius 2 is 1.97 bits per heavy atom. The quantitative estimate of drug-likeness (QED) is 0.442. The van der Waals surface area contributed by atoms with E-state index in [4.69, 9.17) is 0 Å². The van der Waals surface area contributed by atoms with Gasteiger partial charge < -0.3 is 9.88 Å². The molecule has 9 heteroatoms. The zero-order valence-electron chi connectivity index (χ0n) is 17.6. The second-order valence-corrected chi connectivity index (χ2v) is 8.11. The van der Waals surface area contributed by atoms with Crippen LogP contribution in [0.2, 0.25) is 0 Å². The van der Waals surface area contributed by atoms with Crippen molar-refractivity contribution in [3.05, 3.63) is 64.9 Å². The molecule has 0 aliphatic rings. The van der Waals surface area contributed by atoms with Gasteiger partial charge in [0.15, 0.2) is 5.16 Å². The number of allylic oxidation sites excluding steroid dienone is 1. The van der Waals surface area contributed by atoms with Crippen LogP contribution in [-0.2, 0) is 18.4 Å². The van der Waals surface area contributed by atoms with Gasteiger partial charge in [0.25, 0.3) is 5.56 Å². The van der Waals surface area contributed by atoms with Gasteiger partial charge in [-0.05, 0) is 19.1 Å². The molecule has 0 saturated carbocycles. The molecule has 30 heavy (non-hydrogen) atoms. The molecule has 2 aromatic heterocycles. The molecule has 0 aliphatic carbocycles. The van der Waals surface area contributed by atoms with Crippen LogP contribution in [0.5, 0.6) is 0 Å². The third-order valence-electron chi connectivity index (χ3n) is 4.72. The van der Waals surface area contributed by atoms with Gasteiger partial charge in [-0.15, -0.1) is 16.8 Å². The Kier molecular flexibility index (Phi) is 6.61. The molecule has 0 spiro atoms. The second-order valence-electron chi connectivity index (χ2n) is 7.17. The van der Waals surface area contributed by atoms with Crippen LogP contribution in [0.3, 0.4) is 0 Å². The molecule has 0 saturated heterocycles. The van der Waals surface area contributed by atoms with Gasteiger partial charge in [0.05, 0.1) is 17.1 Å². The van der Waals surface area contributed by atoms with Crippen LogP contribution in [0.1, 0.15) is 31.3 Å². The van der Waals surface area contributed by atoms with E-state index in [0.29, 0.717) is 17.4 Å². The van der Waals surface area contributed by atoms with Crippen molar-refractivity contribution in [1.29, 1.82) is 0 Å². The van der Waals surface area contributed by atoms with Crippen molar-refractivity contribution >= 4 is 23.4 Å². The summed E-state index contributed by atoms with van der Waals surface area (Å²) < 4.78 is 5.22. The summed E-state index contributed by atoms with van der Waals surface area (Å²) in [6, 6.07) is 9.32. The smallest absolute Gasteiger partial charge is 0.295 e. The lowest BCUT2D eigenvalue weighted by Crippen LogP contribution is -2.23. The van der Waals surface area contributed by atoms with Crippen molar-refractivity contribution < 1.29 is 4.79 Å². The van der Waals surface area contributed by atoms with Gasteiger partial charge in [-0.25, -0.2) is 4.68 Å². The van der Waals surface area contributed by atoms with E-state index in [1.807, 2.05) is 48.7 Å². The standard InChI is InChI=1S/C21H26N6O2S/c1-6-12-26-19(14(2)3)23-24-21(26)30-13-17(28)22-18-15(4)25(5)27(20(18)29)16-10-8-7-9-11-16/h6-11,14H,1,12-13H2,2-5H3,(H,22,28). The molecular formula is C21H26N6O2S. The SMILES string of the molecule is C=CCn1c(SCC(=O)Nc2c(C)n(C)n(-c3ccccc3)c2=O)nnc1C(C)C. The van der Waals surface area contributed by atoms with Crippen LogP contribution < -0.4 is 10.9 Å². The first kappa shape index (κ1) is 21.6. The van der Waals surface area contributed by atoms with Gasteiger partial charge in [0, 0.05) is 19.5 Å². The number of nitrogens with one attached hydrogen (secondary N) is 1. The third kappa shape index (κ3) is 4.25. The highest BCUT2D eigenvalue weighted by Crippen LogP contribution is 2.22. The summed E-state index contributed by atoms with van der Waals surface area (Å²) in [6.45, 7) is 10.2. The zero-order valence-corrected chi connectivity index (χ0v) is 18.4. The molecule has 0 unspecified atom stereocenters. The predicted molar refractivity (Wildman–Crippen MR) is 119 cm³/mol. The molecular weight excluding hydrogens is 400 g/mol. The Labute approximate surface area is 179 Å². The molecule has 3 aromatic rings. The lowest BCUT2D eigenvalue weighted by atomic mass is 10.2. The normalized spacial score (nSPS) is 11.1. The molecule has 0 bridgehead atoms. The van der Waals surface area contributed by atoms with Gasteiger partial charge in [0.1, 0.15) is 11.5 Å². The highest BCUT2D eigenvalue weighted by molar-refractivity contribution is 7.99. The maximum absolute atomic E-state index is 12.9. The summed E-state index contributed by atoms with van der Waals surface area (Å²) in [5.41, 5.74) is 1.43. The number of thioether (sulfide) groups is 1. The number of carbonyl (C=O) groups excluding carboxylic acids is 1. The lowest BCUT2D eigenvalue weighted by molar-refractivity contribution is -0.113. The summed E-state index contributed by atoms with van der Waals surface area (Å²) >= 11 is 1.29. The number of rotatable bonds is 8. The average molecular weight is 427 g/mol. The Bertz CT molecular complexity index is 1110. The maximum Gasteiger partial charge on any atom is 0.295 e. The van der Waals surface area contributed by atoms with E-state index in [9.17, 15) is 9.59 Å². The Morgan fingerprint density at radius 3 is 2.60 bits per heavy atom. The van der Waals surface area contributed by atoms with Crippen LogP contribution in [0, 0.1) is 6.92 Å². The second kappa shape index (κ2) is 9.17. The molecule has 8 nitrogen and oxygen atoms in total. The first-order chi connectivity index (χ1) is 14.3. The van der Waals surface area contributed by atoms with E-state index >= 15 is 0 Å². The fourth-order valence-electron chi connectivity index (χ4n) is 3.15. The predicted octanol–water partition coefficient (Wildman–Crippen LogP) is 3.12. The summed E-state index contributed by atoms with van der Waals surface area (Å²) in [4.78, 5) is 25.5. The van der Waals surface area contributed by atoms with Crippen molar-refractivity contribution in [2.75, 3.05) is 11.1 Å². The average Bonchev–Trinajstić information content (AvgIpc) is 3.22. The number of carbonyl (C=O) groups is 1. The van der Waals surface area contributed by atoms with Gasteiger partial charge in [-0.2, -0.15) is 0 Å². The topological polar surface area (TPSA) is 86.7 Å². The largest absolute Gasteiger partial charge is 0.319 e. The number of amides is 1. The highest BCUT2D eigenvalue weighted by atomic mass is 32.2. The molecule has 0 radical (unpaired) electrons. The van der Waals surface area contributed by atoms with Gasteiger partial charge in [0.2, 0.25) is 5.91 Å². The minimum Gasteiger partial charge on any atom is -0.319 e. The van der Waals surface area contributed by atoms with Crippen LogP contribution >= 0.6 is 11.8 Å². The minimum atomic E-state index is -0.273. The monoisotopic (exact) mass is 426 g/mol. The number of para-hydroxylation sites is 1. The van der Waals surface area contributed by atoms with Crippen molar-refractivity contribution in [2.45, 2.75) is 38.4 Å². The Hall–Kier alpha value is -3.07. The van der Waals surface area contributed by atoms with Gasteiger partial charge in [-0.3, -0.25) is 14.3 Å². The van der Waals surface area contributed by atoms with Crippen molar-refractivity contribution in [3.63, 3.8) is 0 Å². The number of benzene rings is 1. The van der Waals surface area contributed by atoms with Gasteiger partial charge >= 0.3 is 0 Å². The lowest BCUT2D eigenvalue weighted by Gasteiger charge is -2.09. The van der Waals surface area contributed by atoms with Crippen LogP contribution in [-0.4, -0.2) is 35.8 Å². The summed E-state index contributed by atoms with van der Waals surface area (Å²) in [6.07, 6.45) is 1.78. The van der Waals surface area contributed by atoms with Gasteiger partial charge in [-0.1, -0.05) is 49.9 Å². The van der Waals surface area contributed by atoms with Crippen LogP contribution in [0.15, 0.2) is 52.9 Å². The molecule has 1 amide bonds. The molecule has 3 rings (SSSR count). The first-order valence-corrected chi connectivity index (χ1v) is 10.6. The fourth-order valence-corrected chi connectivity index (χ4v) is 3.91. The van der Waals surface area contributed by atoms with Crippen molar-refractivity contribution in [1.82, 2.24) is 24.1 Å². The number of anilines is 1. The molecule has 2 heterocycles. The summed E-state index contributed by atoms with van der Waals surface area (Å²) in [7, 11) is 1.79. The number of aromatic nitrogens is 5. The number of hydrogen-bond donors (Lipinski definition) is 1. The van der Waals surface area contributed by atoms with E-state index in [0.717, 1.165) is 11.5 Å². The number of hydrogen-bond acceptors (Lipinski definition) is 5. The van der Waals surface area contributed by atoms with E-state index in [1.54, 1.807) is 24.7 Å². The Balaban J connectivity index is 1.77. The molecule has 0 aliphatic heterocycles. The van der Waals surface area contributed by atoms with E-state index in [1.165, 1.54) is 16.4 Å². The molecule has 158 valence electrons. The molecule has 0 atom stereocenters. The molecule has 0 fully saturated rings. The van der Waals surface area contributed by atoms with Crippen molar-refractivity contribution in [2.24, 2.45) is 7.05 Å². The van der Waals surface area contributed by atoms with Crippen LogP contribution in [0.25, 0.3) is 5.69 Å². The van der Waals surface area contributed by atoms with E-state index in [-0.39, 0.29) is 28.8 Å². The fraction of sp³-hybridized carbons (Fsp3) is 0.333. The van der Waals surface area contributed by atoms with E-state index < -0.39 is 0 Å². The number of nitrogens with zero attached hydrogens (tertiary/aromatic N) is 5. The molecule has 1 N–H and O–H groups in total. The maximum atomic E-state index is 12.9.